The molecule has 0 radical (unpaired) electrons. The summed E-state index contributed by atoms with van der Waals surface area (Å²) in [5, 5.41) is 7.72. The molecule has 0 heterocycles. The van der Waals surface area contributed by atoms with E-state index in [1.807, 2.05) is 28.7 Å². The Morgan fingerprint density at radius 3 is 2.40 bits per heavy atom. The highest BCUT2D eigenvalue weighted by Crippen LogP contribution is 1.78. The SMILES string of the molecule is N#C/C=C\I. The summed E-state index contributed by atoms with van der Waals surface area (Å²) >= 11 is 1.98. The number of allylic oxidation sites excluding steroid dienone is 1. The Bertz CT molecular complexity index is 69.5. The second-order valence-corrected chi connectivity index (χ2v) is 1.14. The Kier molecular flexibility index (Phi) is 3.93. The van der Waals surface area contributed by atoms with E-state index in [1.165, 1.54) is 6.08 Å². The van der Waals surface area contributed by atoms with E-state index in [9.17, 15) is 0 Å². The van der Waals surface area contributed by atoms with E-state index in [2.05, 4.69) is 0 Å². The molecule has 2 heteroatoms. The van der Waals surface area contributed by atoms with Crippen molar-refractivity contribution in [3.63, 3.8) is 0 Å². The largest absolute Gasteiger partial charge is 0.193 e. The maximum atomic E-state index is 7.72. The summed E-state index contributed by atoms with van der Waals surface area (Å²) in [6.07, 6.45) is 1.42. The monoisotopic (exact) mass is 179 g/mol. The minimum atomic E-state index is 1.42. The Morgan fingerprint density at radius 2 is 2.40 bits per heavy atom. The molecule has 0 aliphatic rings. The first-order chi connectivity index (χ1) is 2.41. The molecule has 0 unspecified atom stereocenters. The molecule has 0 fully saturated rings. The fourth-order valence-electron chi connectivity index (χ4n) is 0.0282. The standard InChI is InChI=1S/C3H2IN/c4-2-1-3-5/h1-2H/b2-1-. The quantitative estimate of drug-likeness (QED) is 0.407. The first-order valence-corrected chi connectivity index (χ1v) is 2.31. The average Bonchev–Trinajstić information content (AvgIpc) is 1.41. The van der Waals surface area contributed by atoms with Gasteiger partial charge >= 0.3 is 0 Å². The number of hydrogen-bond acceptors (Lipinski definition) is 1. The van der Waals surface area contributed by atoms with Gasteiger partial charge in [0.1, 0.15) is 0 Å². The van der Waals surface area contributed by atoms with Gasteiger partial charge in [-0.3, -0.25) is 0 Å². The lowest BCUT2D eigenvalue weighted by molar-refractivity contribution is 1.54. The summed E-state index contributed by atoms with van der Waals surface area (Å²) in [4.78, 5) is 0. The normalized spacial score (nSPS) is 8.00. The van der Waals surface area contributed by atoms with Gasteiger partial charge in [-0.15, -0.1) is 0 Å². The predicted molar refractivity (Wildman–Crippen MR) is 28.8 cm³/mol. The van der Waals surface area contributed by atoms with Crippen molar-refractivity contribution >= 4 is 22.6 Å². The molecule has 26 valence electrons. The molecular formula is C3H2IN. The van der Waals surface area contributed by atoms with Gasteiger partial charge in [-0.05, 0) is 4.08 Å². The molecule has 0 aromatic carbocycles. The van der Waals surface area contributed by atoms with E-state index in [1.54, 1.807) is 4.08 Å². The second kappa shape index (κ2) is 3.96. The predicted octanol–water partition coefficient (Wildman–Crippen LogP) is 1.46. The first kappa shape index (κ1) is 4.96. The molecule has 0 amide bonds. The molecule has 0 bridgehead atoms. The third-order valence-electron chi connectivity index (χ3n) is 0.138. The van der Waals surface area contributed by atoms with Crippen LogP contribution in [0.15, 0.2) is 10.2 Å². The molecule has 5 heavy (non-hydrogen) atoms. The Balaban J connectivity index is 3.04. The molecule has 0 saturated heterocycles. The third-order valence-corrected chi connectivity index (χ3v) is 0.497. The van der Waals surface area contributed by atoms with Crippen LogP contribution in [-0.2, 0) is 0 Å². The van der Waals surface area contributed by atoms with Gasteiger partial charge in [-0.25, -0.2) is 0 Å². The van der Waals surface area contributed by atoms with Gasteiger partial charge in [0.15, 0.2) is 0 Å². The summed E-state index contributed by atoms with van der Waals surface area (Å²) in [5.74, 6) is 0. The van der Waals surface area contributed by atoms with Crippen molar-refractivity contribution in [3.8, 4) is 6.07 Å². The average molecular weight is 179 g/mol. The Hall–Kier alpha value is -0.0400. The van der Waals surface area contributed by atoms with E-state index >= 15 is 0 Å². The van der Waals surface area contributed by atoms with Gasteiger partial charge in [0.2, 0.25) is 0 Å². The second-order valence-electron chi connectivity index (χ2n) is 0.422. The first-order valence-electron chi connectivity index (χ1n) is 1.06. The summed E-state index contributed by atoms with van der Waals surface area (Å²) < 4.78 is 1.66. The summed E-state index contributed by atoms with van der Waals surface area (Å²) in [6, 6.07) is 1.83. The van der Waals surface area contributed by atoms with Crippen molar-refractivity contribution in [3.05, 3.63) is 10.2 Å². The molecule has 0 N–H and O–H groups in total. The maximum absolute atomic E-state index is 7.72. The fraction of sp³-hybridized carbons (Fsp3) is 0. The molecule has 0 atom stereocenters. The van der Waals surface area contributed by atoms with Crippen LogP contribution in [0.3, 0.4) is 0 Å². The van der Waals surface area contributed by atoms with Crippen molar-refractivity contribution < 1.29 is 0 Å². The lowest BCUT2D eigenvalue weighted by Crippen LogP contribution is -1.30. The topological polar surface area (TPSA) is 23.8 Å². The zero-order chi connectivity index (χ0) is 4.12. The molecule has 0 saturated carbocycles. The van der Waals surface area contributed by atoms with Crippen LogP contribution in [0.1, 0.15) is 0 Å². The van der Waals surface area contributed by atoms with Crippen LogP contribution in [0.5, 0.6) is 0 Å². The molecule has 0 rings (SSSR count). The van der Waals surface area contributed by atoms with Gasteiger partial charge in [-0.2, -0.15) is 5.26 Å². The number of nitriles is 1. The molecule has 0 aromatic rings. The number of rotatable bonds is 0. The lowest BCUT2D eigenvalue weighted by Gasteiger charge is -1.45. The minimum Gasteiger partial charge on any atom is -0.193 e. The van der Waals surface area contributed by atoms with Crippen LogP contribution in [0.4, 0.5) is 0 Å². The molecule has 0 aliphatic carbocycles. The van der Waals surface area contributed by atoms with Gasteiger partial charge in [0.05, 0.1) is 6.07 Å². The zero-order valence-corrected chi connectivity index (χ0v) is 4.64. The highest BCUT2D eigenvalue weighted by Gasteiger charge is 1.47. The van der Waals surface area contributed by atoms with Crippen LogP contribution in [0, 0.1) is 11.3 Å². The number of hydrogen-bond donors (Lipinski definition) is 0. The van der Waals surface area contributed by atoms with Crippen molar-refractivity contribution in [1.82, 2.24) is 0 Å². The molecule has 0 aliphatic heterocycles. The Morgan fingerprint density at radius 1 is 1.80 bits per heavy atom. The molecule has 0 aromatic heterocycles. The van der Waals surface area contributed by atoms with Gasteiger partial charge in [0, 0.05) is 6.08 Å². The van der Waals surface area contributed by atoms with E-state index < -0.39 is 0 Å². The molecular weight excluding hydrogens is 177 g/mol. The van der Waals surface area contributed by atoms with Crippen LogP contribution >= 0.6 is 22.6 Å². The molecule has 0 spiro atoms. The molecule has 1 nitrogen and oxygen atoms in total. The summed E-state index contributed by atoms with van der Waals surface area (Å²) in [7, 11) is 0. The Labute approximate surface area is 44.4 Å². The summed E-state index contributed by atoms with van der Waals surface area (Å²) in [5.41, 5.74) is 0. The van der Waals surface area contributed by atoms with Crippen molar-refractivity contribution in [1.29, 1.82) is 5.26 Å². The smallest absolute Gasteiger partial charge is 0.0916 e. The van der Waals surface area contributed by atoms with E-state index in [4.69, 9.17) is 5.26 Å². The van der Waals surface area contributed by atoms with E-state index in [0.29, 0.717) is 0 Å². The van der Waals surface area contributed by atoms with Crippen molar-refractivity contribution in [2.24, 2.45) is 0 Å². The zero-order valence-electron chi connectivity index (χ0n) is 2.48. The fourth-order valence-corrected chi connectivity index (χ4v) is 0.189. The van der Waals surface area contributed by atoms with Crippen molar-refractivity contribution in [2.75, 3.05) is 0 Å². The van der Waals surface area contributed by atoms with Crippen LogP contribution in [0.2, 0.25) is 0 Å². The van der Waals surface area contributed by atoms with Crippen molar-refractivity contribution in [2.45, 2.75) is 0 Å². The van der Waals surface area contributed by atoms with E-state index in [0.717, 1.165) is 0 Å². The van der Waals surface area contributed by atoms with Crippen LogP contribution in [0.25, 0.3) is 0 Å². The van der Waals surface area contributed by atoms with Crippen LogP contribution in [-0.4, -0.2) is 0 Å². The number of halogens is 1. The van der Waals surface area contributed by atoms with Gasteiger partial charge in [0.25, 0.3) is 0 Å². The summed E-state index contributed by atoms with van der Waals surface area (Å²) in [6.45, 7) is 0. The number of nitrogens with zero attached hydrogens (tertiary/aromatic N) is 1. The third kappa shape index (κ3) is 3.96. The lowest BCUT2D eigenvalue weighted by atomic mass is 10.7. The van der Waals surface area contributed by atoms with E-state index in [-0.39, 0.29) is 0 Å². The maximum Gasteiger partial charge on any atom is 0.0916 e. The minimum absolute atomic E-state index is 1.42. The van der Waals surface area contributed by atoms with Crippen LogP contribution < -0.4 is 0 Å². The van der Waals surface area contributed by atoms with Gasteiger partial charge in [-0.1, -0.05) is 22.6 Å². The van der Waals surface area contributed by atoms with Gasteiger partial charge < -0.3 is 0 Å². The highest BCUT2D eigenvalue weighted by atomic mass is 127. The highest BCUT2D eigenvalue weighted by molar-refractivity contribution is 14.1.